The lowest BCUT2D eigenvalue weighted by Gasteiger charge is -2.17. The largest absolute Gasteiger partial charge is 0.466 e. The summed E-state index contributed by atoms with van der Waals surface area (Å²) < 4.78 is 69.3. The molecule has 1 aromatic carbocycles. The van der Waals surface area contributed by atoms with Crippen LogP contribution in [-0.4, -0.2) is 12.6 Å². The van der Waals surface area contributed by atoms with Crippen molar-refractivity contribution in [2.45, 2.75) is 25.9 Å². The Morgan fingerprint density at radius 2 is 2.00 bits per heavy atom. The molecule has 21 heavy (non-hydrogen) atoms. The predicted molar refractivity (Wildman–Crippen MR) is 61.5 cm³/mol. The Labute approximate surface area is 116 Å². The van der Waals surface area contributed by atoms with Gasteiger partial charge in [0, 0.05) is 5.56 Å². The normalized spacial score (nSPS) is 11.3. The molecule has 8 heteroatoms. The molecule has 0 aliphatic carbocycles. The molecule has 3 nitrogen and oxygen atoms in total. The van der Waals surface area contributed by atoms with Gasteiger partial charge in [0.2, 0.25) is 0 Å². The van der Waals surface area contributed by atoms with Crippen molar-refractivity contribution in [3.63, 3.8) is 0 Å². The van der Waals surface area contributed by atoms with E-state index < -0.39 is 47.2 Å². The number of hydrogen-bond acceptors (Lipinski definition) is 3. The van der Waals surface area contributed by atoms with Gasteiger partial charge in [0.25, 0.3) is 6.43 Å². The van der Waals surface area contributed by atoms with Crippen LogP contribution in [0.4, 0.5) is 22.0 Å². The van der Waals surface area contributed by atoms with Gasteiger partial charge in [-0.1, -0.05) is 6.07 Å². The van der Waals surface area contributed by atoms with Crippen LogP contribution in [0.5, 0.6) is 0 Å². The molecule has 114 valence electrons. The Morgan fingerprint density at radius 1 is 1.38 bits per heavy atom. The van der Waals surface area contributed by atoms with Crippen LogP contribution in [0.2, 0.25) is 0 Å². The first-order chi connectivity index (χ1) is 9.72. The first-order valence-corrected chi connectivity index (χ1v) is 5.79. The monoisotopic (exact) mass is 307 g/mol. The molecule has 0 fully saturated rings. The van der Waals surface area contributed by atoms with E-state index in [4.69, 9.17) is 5.26 Å². The Bertz CT molecular complexity index is 575. The molecule has 1 rings (SSSR count). The van der Waals surface area contributed by atoms with Crippen molar-refractivity contribution in [2.24, 2.45) is 0 Å². The maximum Gasteiger partial charge on any atom is 0.417 e. The molecule has 0 unspecified atom stereocenters. The Balaban J connectivity index is 3.53. The average molecular weight is 307 g/mol. The van der Waals surface area contributed by atoms with Gasteiger partial charge < -0.3 is 4.74 Å². The fourth-order valence-electron chi connectivity index (χ4n) is 1.83. The number of benzene rings is 1. The third-order valence-electron chi connectivity index (χ3n) is 2.61. The van der Waals surface area contributed by atoms with Crippen molar-refractivity contribution in [3.8, 4) is 6.07 Å². The highest BCUT2D eigenvalue weighted by molar-refractivity contribution is 5.74. The number of esters is 1. The van der Waals surface area contributed by atoms with E-state index in [1.165, 1.54) is 13.0 Å². The summed E-state index contributed by atoms with van der Waals surface area (Å²) in [5.41, 5.74) is -4.19. The molecule has 0 spiro atoms. The van der Waals surface area contributed by atoms with Crippen LogP contribution in [0, 0.1) is 11.3 Å². The number of hydrogen-bond donors (Lipinski definition) is 0. The third kappa shape index (κ3) is 3.90. The third-order valence-corrected chi connectivity index (χ3v) is 2.61. The first-order valence-electron chi connectivity index (χ1n) is 5.79. The second kappa shape index (κ2) is 6.52. The number of carbonyl (C=O) groups excluding carboxylic acids is 1. The van der Waals surface area contributed by atoms with Gasteiger partial charge in [-0.05, 0) is 18.6 Å². The van der Waals surface area contributed by atoms with Crippen molar-refractivity contribution in [1.82, 2.24) is 0 Å². The van der Waals surface area contributed by atoms with E-state index in [0.29, 0.717) is 12.1 Å². The van der Waals surface area contributed by atoms with E-state index in [0.717, 1.165) is 0 Å². The number of alkyl halides is 5. The number of nitrogens with zero attached hydrogens (tertiary/aromatic N) is 1. The van der Waals surface area contributed by atoms with Gasteiger partial charge >= 0.3 is 12.1 Å². The molecule has 0 aliphatic rings. The van der Waals surface area contributed by atoms with Crippen molar-refractivity contribution in [3.05, 3.63) is 34.4 Å². The van der Waals surface area contributed by atoms with E-state index >= 15 is 0 Å². The zero-order chi connectivity index (χ0) is 16.2. The molecule has 0 atom stereocenters. The summed E-state index contributed by atoms with van der Waals surface area (Å²) in [6, 6.07) is 2.68. The maximum atomic E-state index is 13.0. The molecule has 0 saturated heterocycles. The van der Waals surface area contributed by atoms with Gasteiger partial charge in [0.1, 0.15) is 0 Å². The molecule has 0 N–H and O–H groups in total. The summed E-state index contributed by atoms with van der Waals surface area (Å²) in [5.74, 6) is -1.07. The predicted octanol–water partition coefficient (Wildman–Crippen LogP) is 3.62. The van der Waals surface area contributed by atoms with Gasteiger partial charge in [0.05, 0.1) is 30.2 Å². The molecule has 0 saturated carbocycles. The highest BCUT2D eigenvalue weighted by atomic mass is 19.4. The Kier molecular flexibility index (Phi) is 5.24. The van der Waals surface area contributed by atoms with Gasteiger partial charge in [-0.3, -0.25) is 4.79 Å². The maximum absolute atomic E-state index is 13.0. The van der Waals surface area contributed by atoms with Crippen molar-refractivity contribution >= 4 is 5.97 Å². The highest BCUT2D eigenvalue weighted by Gasteiger charge is 2.39. The summed E-state index contributed by atoms with van der Waals surface area (Å²) in [7, 11) is 0. The van der Waals surface area contributed by atoms with E-state index in [-0.39, 0.29) is 6.61 Å². The molecule has 1 aromatic rings. The Morgan fingerprint density at radius 3 is 2.43 bits per heavy atom. The number of rotatable bonds is 4. The SMILES string of the molecule is CCOC(=O)Cc1c(C(F)F)ccc(C#N)c1C(F)(F)F. The quantitative estimate of drug-likeness (QED) is 0.630. The van der Waals surface area contributed by atoms with Gasteiger partial charge in [-0.15, -0.1) is 0 Å². The van der Waals surface area contributed by atoms with Crippen LogP contribution < -0.4 is 0 Å². The van der Waals surface area contributed by atoms with Gasteiger partial charge in [-0.25, -0.2) is 8.78 Å². The number of carbonyl (C=O) groups is 1. The fraction of sp³-hybridized carbons (Fsp3) is 0.385. The second-order valence-electron chi connectivity index (χ2n) is 3.95. The topological polar surface area (TPSA) is 50.1 Å². The van der Waals surface area contributed by atoms with Crippen molar-refractivity contribution < 1.29 is 31.5 Å². The van der Waals surface area contributed by atoms with E-state index in [2.05, 4.69) is 4.74 Å². The van der Waals surface area contributed by atoms with Gasteiger partial charge in [-0.2, -0.15) is 18.4 Å². The molecule has 0 amide bonds. The Hall–Kier alpha value is -2.17. The number of ether oxygens (including phenoxy) is 1. The zero-order valence-electron chi connectivity index (χ0n) is 10.8. The molecule has 0 heterocycles. The standard InChI is InChI=1S/C13H10F5NO2/c1-2-21-10(20)5-9-8(12(14)15)4-3-7(6-19)11(9)13(16,17)18/h3-4,12H,2,5H2,1H3. The molecule has 0 aliphatic heterocycles. The van der Waals surface area contributed by atoms with Gasteiger partial charge in [0.15, 0.2) is 0 Å². The molecule has 0 aromatic heterocycles. The minimum absolute atomic E-state index is 0.0951. The minimum Gasteiger partial charge on any atom is -0.466 e. The second-order valence-corrected chi connectivity index (χ2v) is 3.95. The summed E-state index contributed by atoms with van der Waals surface area (Å²) in [6.45, 7) is 1.34. The summed E-state index contributed by atoms with van der Waals surface area (Å²) in [6.07, 6.45) is -9.21. The van der Waals surface area contributed by atoms with Crippen molar-refractivity contribution in [2.75, 3.05) is 6.61 Å². The lowest BCUT2D eigenvalue weighted by Crippen LogP contribution is -2.18. The van der Waals surface area contributed by atoms with Crippen LogP contribution >= 0.6 is 0 Å². The van der Waals surface area contributed by atoms with Crippen LogP contribution in [0.3, 0.4) is 0 Å². The smallest absolute Gasteiger partial charge is 0.417 e. The summed E-state index contributed by atoms with van der Waals surface area (Å²) in [4.78, 5) is 11.3. The van der Waals surface area contributed by atoms with Crippen LogP contribution in [0.1, 0.15) is 35.6 Å². The van der Waals surface area contributed by atoms with E-state index in [1.54, 1.807) is 0 Å². The summed E-state index contributed by atoms with van der Waals surface area (Å²) >= 11 is 0. The highest BCUT2D eigenvalue weighted by Crippen LogP contribution is 2.38. The summed E-state index contributed by atoms with van der Waals surface area (Å²) in [5, 5.41) is 8.72. The average Bonchev–Trinajstić information content (AvgIpc) is 2.36. The minimum atomic E-state index is -5.03. The van der Waals surface area contributed by atoms with Crippen LogP contribution in [0.25, 0.3) is 0 Å². The van der Waals surface area contributed by atoms with Crippen molar-refractivity contribution in [1.29, 1.82) is 5.26 Å². The lowest BCUT2D eigenvalue weighted by atomic mass is 9.93. The number of halogens is 5. The fourth-order valence-corrected chi connectivity index (χ4v) is 1.83. The van der Waals surface area contributed by atoms with E-state index in [9.17, 15) is 26.7 Å². The molecular formula is C13H10F5NO2. The molecule has 0 radical (unpaired) electrons. The lowest BCUT2D eigenvalue weighted by molar-refractivity contribution is -0.143. The molecule has 0 bridgehead atoms. The van der Waals surface area contributed by atoms with Crippen LogP contribution in [-0.2, 0) is 22.1 Å². The van der Waals surface area contributed by atoms with E-state index in [1.807, 2.05) is 0 Å². The first kappa shape index (κ1) is 16.9. The molecular weight excluding hydrogens is 297 g/mol. The van der Waals surface area contributed by atoms with Crippen LogP contribution in [0.15, 0.2) is 12.1 Å². The number of nitriles is 1. The zero-order valence-corrected chi connectivity index (χ0v) is 10.8.